The third-order valence-corrected chi connectivity index (χ3v) is 4.13. The van der Waals surface area contributed by atoms with Gasteiger partial charge in [0.25, 0.3) is 5.91 Å². The van der Waals surface area contributed by atoms with Gasteiger partial charge >= 0.3 is 0 Å². The van der Waals surface area contributed by atoms with E-state index < -0.39 is 5.60 Å². The molecule has 2 aliphatic heterocycles. The van der Waals surface area contributed by atoms with Crippen molar-refractivity contribution < 1.29 is 14.4 Å². The Morgan fingerprint density at radius 2 is 2.05 bits per heavy atom. The number of carbonyl (C=O) groups is 1. The lowest BCUT2D eigenvalue weighted by Gasteiger charge is -2.32. The highest BCUT2D eigenvalue weighted by atomic mass is 35.5. The maximum Gasteiger partial charge on any atom is 0.269 e. The molecular formula is C15H17ClN2O3. The molecule has 2 aliphatic rings. The van der Waals surface area contributed by atoms with Crippen molar-refractivity contribution in [2.24, 2.45) is 5.16 Å². The number of hydrogen-bond acceptors (Lipinski definition) is 4. The van der Waals surface area contributed by atoms with Crippen LogP contribution in [0.5, 0.6) is 0 Å². The monoisotopic (exact) mass is 308 g/mol. The third-order valence-electron chi connectivity index (χ3n) is 3.80. The second-order valence-electron chi connectivity index (χ2n) is 5.42. The van der Waals surface area contributed by atoms with Crippen LogP contribution in [0.3, 0.4) is 0 Å². The minimum Gasteiger partial charge on any atom is -0.379 e. The number of hydrogen-bond donors (Lipinski definition) is 0. The molecule has 1 aromatic rings. The Morgan fingerprint density at radius 3 is 2.76 bits per heavy atom. The molecule has 1 amide bonds. The molecule has 0 aromatic heterocycles. The zero-order valence-corrected chi connectivity index (χ0v) is 12.6. The quantitative estimate of drug-likeness (QED) is 0.840. The van der Waals surface area contributed by atoms with Crippen molar-refractivity contribution in [3.8, 4) is 0 Å². The molecule has 1 atom stereocenters. The first-order chi connectivity index (χ1) is 10.1. The number of nitrogens with zero attached hydrogens (tertiary/aromatic N) is 2. The molecule has 1 saturated heterocycles. The van der Waals surface area contributed by atoms with Gasteiger partial charge < -0.3 is 14.5 Å². The number of amides is 1. The van der Waals surface area contributed by atoms with Gasteiger partial charge in [-0.3, -0.25) is 4.79 Å². The van der Waals surface area contributed by atoms with Crippen LogP contribution < -0.4 is 0 Å². The summed E-state index contributed by atoms with van der Waals surface area (Å²) in [5, 5.41) is 4.70. The normalized spacial score (nSPS) is 25.4. The molecule has 6 heteroatoms. The molecule has 1 fully saturated rings. The molecule has 0 radical (unpaired) electrons. The van der Waals surface area contributed by atoms with E-state index in [0.717, 1.165) is 5.56 Å². The van der Waals surface area contributed by atoms with Gasteiger partial charge in [0.1, 0.15) is 0 Å². The highest BCUT2D eigenvalue weighted by molar-refractivity contribution is 6.34. The van der Waals surface area contributed by atoms with Crippen molar-refractivity contribution in [1.29, 1.82) is 0 Å². The van der Waals surface area contributed by atoms with Gasteiger partial charge in [0.15, 0.2) is 0 Å². The zero-order chi connectivity index (χ0) is 14.9. The van der Waals surface area contributed by atoms with E-state index in [4.69, 9.17) is 21.2 Å². The van der Waals surface area contributed by atoms with E-state index in [1.807, 2.05) is 18.2 Å². The van der Waals surface area contributed by atoms with Crippen molar-refractivity contribution in [3.63, 3.8) is 0 Å². The smallest absolute Gasteiger partial charge is 0.269 e. The predicted molar refractivity (Wildman–Crippen MR) is 79.5 cm³/mol. The van der Waals surface area contributed by atoms with E-state index in [9.17, 15) is 4.79 Å². The summed E-state index contributed by atoms with van der Waals surface area (Å²) in [5.41, 5.74) is 0.577. The van der Waals surface area contributed by atoms with E-state index in [2.05, 4.69) is 5.16 Å². The lowest BCUT2D eigenvalue weighted by Crippen LogP contribution is -2.51. The average Bonchev–Trinajstić information content (AvgIpc) is 2.91. The summed E-state index contributed by atoms with van der Waals surface area (Å²) in [6, 6.07) is 7.44. The minimum absolute atomic E-state index is 0.0448. The minimum atomic E-state index is -0.953. The fraction of sp³-hybridized carbons (Fsp3) is 0.467. The van der Waals surface area contributed by atoms with Gasteiger partial charge in [0, 0.05) is 30.1 Å². The fourth-order valence-corrected chi connectivity index (χ4v) is 2.84. The van der Waals surface area contributed by atoms with Crippen LogP contribution in [0.4, 0.5) is 0 Å². The predicted octanol–water partition coefficient (Wildman–Crippen LogP) is 2.08. The number of benzene rings is 1. The van der Waals surface area contributed by atoms with Crippen LogP contribution >= 0.6 is 11.6 Å². The van der Waals surface area contributed by atoms with Gasteiger partial charge in [-0.05, 0) is 13.0 Å². The molecule has 0 spiro atoms. The number of morpholine rings is 1. The van der Waals surface area contributed by atoms with Gasteiger partial charge in [0.05, 0.1) is 18.9 Å². The van der Waals surface area contributed by atoms with Crippen LogP contribution in [-0.2, 0) is 14.4 Å². The Hall–Kier alpha value is -1.59. The molecule has 3 rings (SSSR count). The standard InChI is InChI=1S/C15H17ClN2O3/c1-15(14(19)18-6-8-20-9-7-18)10-13(17-21-15)11-4-2-3-5-12(11)16/h2-5H,6-10H2,1H3. The van der Waals surface area contributed by atoms with Crippen molar-refractivity contribution in [1.82, 2.24) is 4.90 Å². The summed E-state index contributed by atoms with van der Waals surface area (Å²) in [5.74, 6) is -0.0448. The topological polar surface area (TPSA) is 51.1 Å². The number of rotatable bonds is 2. The maximum absolute atomic E-state index is 12.6. The van der Waals surface area contributed by atoms with Crippen LogP contribution in [-0.4, -0.2) is 48.4 Å². The number of carbonyl (C=O) groups excluding carboxylic acids is 1. The first kappa shape index (κ1) is 14.4. The largest absolute Gasteiger partial charge is 0.379 e. The highest BCUT2D eigenvalue weighted by Crippen LogP contribution is 2.31. The van der Waals surface area contributed by atoms with Crippen LogP contribution in [0.15, 0.2) is 29.4 Å². The van der Waals surface area contributed by atoms with E-state index in [1.165, 1.54) is 0 Å². The van der Waals surface area contributed by atoms with Gasteiger partial charge in [0.2, 0.25) is 5.60 Å². The van der Waals surface area contributed by atoms with Gasteiger partial charge in [-0.15, -0.1) is 0 Å². The van der Waals surface area contributed by atoms with Gasteiger partial charge in [-0.25, -0.2) is 0 Å². The lowest BCUT2D eigenvalue weighted by molar-refractivity contribution is -0.157. The third kappa shape index (κ3) is 2.76. The Bertz CT molecular complexity index is 584. The molecule has 1 aromatic carbocycles. The Morgan fingerprint density at radius 1 is 1.33 bits per heavy atom. The first-order valence-electron chi connectivity index (χ1n) is 6.97. The number of oxime groups is 1. The molecule has 0 aliphatic carbocycles. The summed E-state index contributed by atoms with van der Waals surface area (Å²) in [6.45, 7) is 4.11. The molecule has 1 unspecified atom stereocenters. The van der Waals surface area contributed by atoms with Crippen LogP contribution in [0, 0.1) is 0 Å². The number of ether oxygens (including phenoxy) is 1. The zero-order valence-electron chi connectivity index (χ0n) is 11.8. The van der Waals surface area contributed by atoms with E-state index in [-0.39, 0.29) is 5.91 Å². The lowest BCUT2D eigenvalue weighted by atomic mass is 9.94. The number of halogens is 1. The molecule has 112 valence electrons. The molecular weight excluding hydrogens is 292 g/mol. The average molecular weight is 309 g/mol. The van der Waals surface area contributed by atoms with Crippen molar-refractivity contribution in [2.75, 3.05) is 26.3 Å². The molecule has 0 saturated carbocycles. The van der Waals surface area contributed by atoms with Crippen LogP contribution in [0.2, 0.25) is 5.02 Å². The second-order valence-corrected chi connectivity index (χ2v) is 5.83. The summed E-state index contributed by atoms with van der Waals surface area (Å²) in [7, 11) is 0. The van der Waals surface area contributed by atoms with Crippen molar-refractivity contribution >= 4 is 23.2 Å². The molecule has 5 nitrogen and oxygen atoms in total. The second kappa shape index (κ2) is 5.66. The van der Waals surface area contributed by atoms with Crippen molar-refractivity contribution in [3.05, 3.63) is 34.9 Å². The Kier molecular flexibility index (Phi) is 3.87. The summed E-state index contributed by atoms with van der Waals surface area (Å²) < 4.78 is 5.27. The van der Waals surface area contributed by atoms with E-state index >= 15 is 0 Å². The molecule has 21 heavy (non-hydrogen) atoms. The highest BCUT2D eigenvalue weighted by Gasteiger charge is 2.45. The van der Waals surface area contributed by atoms with Crippen molar-refractivity contribution in [2.45, 2.75) is 18.9 Å². The van der Waals surface area contributed by atoms with Gasteiger partial charge in [-0.2, -0.15) is 0 Å². The van der Waals surface area contributed by atoms with Gasteiger partial charge in [-0.1, -0.05) is 35.0 Å². The molecule has 2 heterocycles. The first-order valence-corrected chi connectivity index (χ1v) is 7.35. The summed E-state index contributed by atoms with van der Waals surface area (Å²) in [6.07, 6.45) is 0.424. The maximum atomic E-state index is 12.6. The summed E-state index contributed by atoms with van der Waals surface area (Å²) >= 11 is 6.18. The van der Waals surface area contributed by atoms with E-state index in [0.29, 0.717) is 43.5 Å². The van der Waals surface area contributed by atoms with E-state index in [1.54, 1.807) is 17.9 Å². The van der Waals surface area contributed by atoms with Crippen LogP contribution in [0.25, 0.3) is 0 Å². The fourth-order valence-electron chi connectivity index (χ4n) is 2.60. The Labute approximate surface area is 128 Å². The SMILES string of the molecule is CC1(C(=O)N2CCOCC2)CC(c2ccccc2Cl)=NO1. The molecule has 0 N–H and O–H groups in total. The molecule has 0 bridgehead atoms. The summed E-state index contributed by atoms with van der Waals surface area (Å²) in [4.78, 5) is 19.9. The van der Waals surface area contributed by atoms with Crippen LogP contribution in [0.1, 0.15) is 18.9 Å². The Balaban J connectivity index is 1.75.